The summed E-state index contributed by atoms with van der Waals surface area (Å²) in [7, 11) is 1.99. The summed E-state index contributed by atoms with van der Waals surface area (Å²) < 4.78 is 5.65. The third kappa shape index (κ3) is 2.33. The monoisotopic (exact) mass is 255 g/mol. The molecule has 100 valence electrons. The molecule has 1 aliphatic carbocycles. The zero-order valence-corrected chi connectivity index (χ0v) is 11.6. The van der Waals surface area contributed by atoms with Gasteiger partial charge in [-0.05, 0) is 55.5 Å². The fourth-order valence-electron chi connectivity index (χ4n) is 2.86. The van der Waals surface area contributed by atoms with Gasteiger partial charge in [-0.25, -0.2) is 0 Å². The Bertz CT molecular complexity index is 554. The maximum atomic E-state index is 5.65. The van der Waals surface area contributed by atoms with Gasteiger partial charge in [-0.3, -0.25) is 0 Å². The summed E-state index contributed by atoms with van der Waals surface area (Å²) in [4.78, 5) is 0. The van der Waals surface area contributed by atoms with Gasteiger partial charge in [0.05, 0.1) is 12.3 Å². The van der Waals surface area contributed by atoms with E-state index in [0.29, 0.717) is 0 Å². The molecule has 0 spiro atoms. The first-order valence-electron chi connectivity index (χ1n) is 7.10. The zero-order chi connectivity index (χ0) is 13.2. The topological polar surface area (TPSA) is 25.2 Å². The number of hydrogen-bond donors (Lipinski definition) is 1. The Hall–Kier alpha value is -1.54. The minimum atomic E-state index is 0.148. The van der Waals surface area contributed by atoms with Crippen molar-refractivity contribution in [2.24, 2.45) is 0 Å². The van der Waals surface area contributed by atoms with Crippen molar-refractivity contribution in [1.82, 2.24) is 5.32 Å². The standard InChI is InChI=1S/C17H21NO/c1-12-9-10-19-17(12)16(18-2)15-8-4-7-14(11-15)13-5-3-6-13/h4,7-11,13,16,18H,3,5-6H2,1-2H3. The molecule has 2 aromatic rings. The van der Waals surface area contributed by atoms with E-state index in [-0.39, 0.29) is 6.04 Å². The van der Waals surface area contributed by atoms with Gasteiger partial charge in [-0.15, -0.1) is 0 Å². The molecular weight excluding hydrogens is 234 g/mol. The van der Waals surface area contributed by atoms with E-state index in [0.717, 1.165) is 11.7 Å². The molecule has 3 rings (SSSR count). The van der Waals surface area contributed by atoms with Gasteiger partial charge in [-0.2, -0.15) is 0 Å². The Morgan fingerprint density at radius 2 is 2.11 bits per heavy atom. The van der Waals surface area contributed by atoms with Crippen molar-refractivity contribution in [2.45, 2.75) is 38.1 Å². The van der Waals surface area contributed by atoms with Crippen molar-refractivity contribution >= 4 is 0 Å². The summed E-state index contributed by atoms with van der Waals surface area (Å²) in [5.41, 5.74) is 3.98. The van der Waals surface area contributed by atoms with Crippen molar-refractivity contribution in [3.8, 4) is 0 Å². The van der Waals surface area contributed by atoms with Gasteiger partial charge in [0.25, 0.3) is 0 Å². The molecule has 1 aliphatic rings. The van der Waals surface area contributed by atoms with Gasteiger partial charge < -0.3 is 9.73 Å². The first-order valence-corrected chi connectivity index (χ1v) is 7.10. The van der Waals surface area contributed by atoms with Crippen molar-refractivity contribution in [3.05, 3.63) is 59.0 Å². The van der Waals surface area contributed by atoms with E-state index in [9.17, 15) is 0 Å². The van der Waals surface area contributed by atoms with E-state index in [4.69, 9.17) is 4.42 Å². The highest BCUT2D eigenvalue weighted by Crippen LogP contribution is 2.37. The minimum Gasteiger partial charge on any atom is -0.467 e. The molecule has 1 aromatic carbocycles. The summed E-state index contributed by atoms with van der Waals surface area (Å²) in [6.07, 6.45) is 5.83. The predicted octanol–water partition coefficient (Wildman–Crippen LogP) is 4.16. The van der Waals surface area contributed by atoms with Crippen LogP contribution in [-0.4, -0.2) is 7.05 Å². The lowest BCUT2D eigenvalue weighted by Crippen LogP contribution is -2.18. The van der Waals surface area contributed by atoms with Crippen molar-refractivity contribution in [1.29, 1.82) is 0 Å². The quantitative estimate of drug-likeness (QED) is 0.887. The summed E-state index contributed by atoms with van der Waals surface area (Å²) in [6.45, 7) is 2.10. The van der Waals surface area contributed by atoms with E-state index in [1.807, 2.05) is 13.1 Å². The number of furan rings is 1. The first-order chi connectivity index (χ1) is 9.29. The van der Waals surface area contributed by atoms with Gasteiger partial charge in [0.15, 0.2) is 0 Å². The molecule has 0 aliphatic heterocycles. The Balaban J connectivity index is 1.93. The maximum absolute atomic E-state index is 5.65. The van der Waals surface area contributed by atoms with Gasteiger partial charge in [0, 0.05) is 0 Å². The summed E-state index contributed by atoms with van der Waals surface area (Å²) in [6, 6.07) is 11.1. The number of hydrogen-bond acceptors (Lipinski definition) is 2. The Morgan fingerprint density at radius 3 is 2.68 bits per heavy atom. The van der Waals surface area contributed by atoms with E-state index in [1.165, 1.54) is 36.0 Å². The second-order valence-corrected chi connectivity index (χ2v) is 5.49. The van der Waals surface area contributed by atoms with E-state index >= 15 is 0 Å². The molecule has 0 bridgehead atoms. The lowest BCUT2D eigenvalue weighted by atomic mass is 9.79. The van der Waals surface area contributed by atoms with E-state index in [1.54, 1.807) is 6.26 Å². The molecule has 1 atom stereocenters. The molecule has 0 saturated heterocycles. The normalized spacial score (nSPS) is 17.2. The molecular formula is C17H21NO. The van der Waals surface area contributed by atoms with Crippen LogP contribution in [0, 0.1) is 6.92 Å². The van der Waals surface area contributed by atoms with Crippen LogP contribution in [0.1, 0.15) is 53.7 Å². The zero-order valence-electron chi connectivity index (χ0n) is 11.6. The average molecular weight is 255 g/mol. The predicted molar refractivity (Wildman–Crippen MR) is 77.4 cm³/mol. The molecule has 0 amide bonds. The molecule has 2 heteroatoms. The molecule has 1 aromatic heterocycles. The second kappa shape index (κ2) is 5.22. The number of benzene rings is 1. The highest BCUT2D eigenvalue weighted by molar-refractivity contribution is 5.35. The molecule has 2 nitrogen and oxygen atoms in total. The van der Waals surface area contributed by atoms with Crippen molar-refractivity contribution in [3.63, 3.8) is 0 Å². The van der Waals surface area contributed by atoms with E-state index in [2.05, 4.69) is 36.5 Å². The SMILES string of the molecule is CNC(c1cccc(C2CCC2)c1)c1occc1C. The average Bonchev–Trinajstić information content (AvgIpc) is 2.75. The largest absolute Gasteiger partial charge is 0.467 e. The van der Waals surface area contributed by atoms with Crippen LogP contribution >= 0.6 is 0 Å². The molecule has 0 radical (unpaired) electrons. The Morgan fingerprint density at radius 1 is 1.26 bits per heavy atom. The Kier molecular flexibility index (Phi) is 3.43. The fourth-order valence-corrected chi connectivity index (χ4v) is 2.86. The molecule has 19 heavy (non-hydrogen) atoms. The van der Waals surface area contributed by atoms with Crippen molar-refractivity contribution in [2.75, 3.05) is 7.05 Å². The van der Waals surface area contributed by atoms with Crippen LogP contribution in [-0.2, 0) is 0 Å². The molecule has 1 heterocycles. The first kappa shape index (κ1) is 12.5. The van der Waals surface area contributed by atoms with Crippen LogP contribution < -0.4 is 5.32 Å². The van der Waals surface area contributed by atoms with Crippen LogP contribution in [0.3, 0.4) is 0 Å². The second-order valence-electron chi connectivity index (χ2n) is 5.49. The third-order valence-corrected chi connectivity index (χ3v) is 4.27. The lowest BCUT2D eigenvalue weighted by molar-refractivity contribution is 0.418. The van der Waals surface area contributed by atoms with Gasteiger partial charge in [0.1, 0.15) is 5.76 Å². The maximum Gasteiger partial charge on any atom is 0.128 e. The molecule has 1 fully saturated rings. The van der Waals surface area contributed by atoms with Crippen LogP contribution in [0.15, 0.2) is 41.0 Å². The summed E-state index contributed by atoms with van der Waals surface area (Å²) in [5.74, 6) is 1.79. The van der Waals surface area contributed by atoms with Crippen LogP contribution in [0.4, 0.5) is 0 Å². The van der Waals surface area contributed by atoms with Gasteiger partial charge in [-0.1, -0.05) is 30.7 Å². The van der Waals surface area contributed by atoms with Crippen LogP contribution in [0.5, 0.6) is 0 Å². The summed E-state index contributed by atoms with van der Waals surface area (Å²) in [5, 5.41) is 3.37. The fraction of sp³-hybridized carbons (Fsp3) is 0.412. The smallest absolute Gasteiger partial charge is 0.128 e. The lowest BCUT2D eigenvalue weighted by Gasteiger charge is -2.27. The molecule has 1 N–H and O–H groups in total. The highest BCUT2D eigenvalue weighted by atomic mass is 16.3. The number of aryl methyl sites for hydroxylation is 1. The number of rotatable bonds is 4. The highest BCUT2D eigenvalue weighted by Gasteiger charge is 2.22. The van der Waals surface area contributed by atoms with Crippen molar-refractivity contribution < 1.29 is 4.42 Å². The van der Waals surface area contributed by atoms with E-state index < -0.39 is 0 Å². The number of nitrogens with one attached hydrogen (secondary N) is 1. The third-order valence-electron chi connectivity index (χ3n) is 4.27. The van der Waals surface area contributed by atoms with Crippen LogP contribution in [0.25, 0.3) is 0 Å². The molecule has 1 saturated carbocycles. The molecule has 1 unspecified atom stereocenters. The minimum absolute atomic E-state index is 0.148. The van der Waals surface area contributed by atoms with Gasteiger partial charge >= 0.3 is 0 Å². The summed E-state index contributed by atoms with van der Waals surface area (Å²) >= 11 is 0. The van der Waals surface area contributed by atoms with Crippen LogP contribution in [0.2, 0.25) is 0 Å². The Labute approximate surface area is 114 Å². The van der Waals surface area contributed by atoms with Gasteiger partial charge in [0.2, 0.25) is 0 Å².